The van der Waals surface area contributed by atoms with Gasteiger partial charge in [0.05, 0.1) is 11.4 Å². The molecule has 0 N–H and O–H groups in total. The number of anilines is 2. The molecule has 2 aliphatic rings. The molecule has 0 saturated heterocycles. The normalized spacial score (nSPS) is 14.1. The average molecular weight is 444 g/mol. The monoisotopic (exact) mass is 444 g/mol. The van der Waals surface area contributed by atoms with Gasteiger partial charge in [0.1, 0.15) is 11.5 Å². The van der Waals surface area contributed by atoms with E-state index in [9.17, 15) is 0 Å². The second-order valence-corrected chi connectivity index (χ2v) is 9.09. The number of hydrogen-bond acceptors (Lipinski definition) is 4. The first-order valence-corrected chi connectivity index (χ1v) is 11.9. The zero-order valence-corrected chi connectivity index (χ0v) is 19.5. The molecule has 0 fully saturated rings. The molecule has 4 nitrogen and oxygen atoms in total. The molecule has 0 saturated carbocycles. The van der Waals surface area contributed by atoms with Crippen molar-refractivity contribution in [2.24, 2.45) is 0 Å². The first-order valence-electron chi connectivity index (χ1n) is 11.9. The van der Waals surface area contributed by atoms with Crippen LogP contribution in [0.3, 0.4) is 0 Å². The van der Waals surface area contributed by atoms with Gasteiger partial charge in [0.25, 0.3) is 0 Å². The van der Waals surface area contributed by atoms with E-state index in [2.05, 4.69) is 108 Å². The summed E-state index contributed by atoms with van der Waals surface area (Å²) in [5.41, 5.74) is 7.07. The van der Waals surface area contributed by atoms with E-state index in [0.29, 0.717) is 0 Å². The lowest BCUT2D eigenvalue weighted by molar-refractivity contribution is 0.598. The lowest BCUT2D eigenvalue weighted by Crippen LogP contribution is -2.55. The highest BCUT2D eigenvalue weighted by Crippen LogP contribution is 2.38. The van der Waals surface area contributed by atoms with Crippen molar-refractivity contribution in [1.82, 2.24) is 0 Å². The van der Waals surface area contributed by atoms with Gasteiger partial charge in [0, 0.05) is 13.1 Å². The van der Waals surface area contributed by atoms with Crippen LogP contribution in [-0.2, 0) is 0 Å². The molecule has 6 rings (SSSR count). The lowest BCUT2D eigenvalue weighted by Gasteiger charge is -2.28. The van der Waals surface area contributed by atoms with E-state index < -0.39 is 0 Å². The van der Waals surface area contributed by atoms with Crippen molar-refractivity contribution in [1.29, 1.82) is 0 Å². The lowest BCUT2D eigenvalue weighted by atomic mass is 9.70. The van der Waals surface area contributed by atoms with E-state index in [1.54, 1.807) is 0 Å². The van der Waals surface area contributed by atoms with Gasteiger partial charge in [-0.1, -0.05) is 72.8 Å². The summed E-state index contributed by atoms with van der Waals surface area (Å²) in [7, 11) is -0.289. The number of rotatable bonds is 5. The van der Waals surface area contributed by atoms with Gasteiger partial charge in [-0.05, 0) is 60.2 Å². The maximum Gasteiger partial charge on any atom is 0.519 e. The van der Waals surface area contributed by atoms with E-state index in [1.807, 2.05) is 12.1 Å². The number of hydrogen-bond donors (Lipinski definition) is 0. The third-order valence-electron chi connectivity index (χ3n) is 6.64. The zero-order valence-electron chi connectivity index (χ0n) is 19.5. The predicted octanol–water partition coefficient (Wildman–Crippen LogP) is 4.19. The molecule has 4 aromatic rings. The van der Waals surface area contributed by atoms with Gasteiger partial charge in [-0.2, -0.15) is 0 Å². The topological polar surface area (TPSA) is 24.9 Å². The molecule has 0 unspecified atom stereocenters. The van der Waals surface area contributed by atoms with Crippen molar-refractivity contribution in [2.75, 3.05) is 22.7 Å². The van der Waals surface area contributed by atoms with E-state index in [-0.39, 0.29) is 14.1 Å². The Bertz CT molecular complexity index is 1210. The maximum atomic E-state index is 6.45. The number of nitrogens with zero attached hydrogens (tertiary/aromatic N) is 2. The van der Waals surface area contributed by atoms with Gasteiger partial charge >= 0.3 is 14.1 Å². The van der Waals surface area contributed by atoms with E-state index in [4.69, 9.17) is 9.31 Å². The van der Waals surface area contributed by atoms with Gasteiger partial charge in [0.15, 0.2) is 0 Å². The van der Waals surface area contributed by atoms with Crippen molar-refractivity contribution in [3.05, 3.63) is 108 Å². The summed E-state index contributed by atoms with van der Waals surface area (Å²) in [5, 5.41) is 0. The molecular weight excluding hydrogens is 418 g/mol. The highest BCUT2D eigenvalue weighted by Gasteiger charge is 2.42. The molecule has 0 amide bonds. The van der Waals surface area contributed by atoms with Crippen LogP contribution in [0.2, 0.25) is 0 Å². The van der Waals surface area contributed by atoms with Gasteiger partial charge in [-0.15, -0.1) is 0 Å². The van der Waals surface area contributed by atoms with E-state index >= 15 is 0 Å². The van der Waals surface area contributed by atoms with E-state index in [0.717, 1.165) is 46.9 Å². The number of fused-ring (bicyclic) bond motifs is 2. The second-order valence-electron chi connectivity index (χ2n) is 9.09. The molecule has 4 aromatic carbocycles. The fourth-order valence-electron chi connectivity index (χ4n) is 4.95. The minimum atomic E-state index is -0.145. The van der Waals surface area contributed by atoms with Gasteiger partial charge in [-0.25, -0.2) is 0 Å². The fourth-order valence-corrected chi connectivity index (χ4v) is 4.95. The van der Waals surface area contributed by atoms with Crippen molar-refractivity contribution in [3.8, 4) is 11.5 Å². The van der Waals surface area contributed by atoms with Crippen LogP contribution in [0.5, 0.6) is 11.5 Å². The van der Waals surface area contributed by atoms with Crippen LogP contribution in [0, 0.1) is 13.8 Å². The van der Waals surface area contributed by atoms with Crippen molar-refractivity contribution >= 4 is 36.4 Å². The molecule has 0 radical (unpaired) electrons. The van der Waals surface area contributed by atoms with Crippen molar-refractivity contribution < 1.29 is 9.31 Å². The summed E-state index contributed by atoms with van der Waals surface area (Å²) < 4.78 is 12.9. The molecule has 0 aromatic heterocycles. The van der Waals surface area contributed by atoms with Crippen molar-refractivity contribution in [3.63, 3.8) is 0 Å². The molecule has 166 valence electrons. The summed E-state index contributed by atoms with van der Waals surface area (Å²) in [6, 6.07) is 33.8. The summed E-state index contributed by atoms with van der Waals surface area (Å²) >= 11 is 0. The quantitative estimate of drug-likeness (QED) is 0.431. The Hall–Kier alpha value is -3.79. The van der Waals surface area contributed by atoms with Gasteiger partial charge in [-0.3, -0.25) is 0 Å². The SMILES string of the molecule is Cc1ccc2c(c1)N(CCN1B(c3ccccc3)Oc3ccc(C)cc31)B(c1ccccc1)O2. The van der Waals surface area contributed by atoms with Crippen molar-refractivity contribution in [2.45, 2.75) is 13.8 Å². The van der Waals surface area contributed by atoms with Crippen LogP contribution in [0.1, 0.15) is 11.1 Å². The van der Waals surface area contributed by atoms with E-state index in [1.165, 1.54) is 11.1 Å². The molecule has 34 heavy (non-hydrogen) atoms. The van der Waals surface area contributed by atoms with Crippen LogP contribution < -0.4 is 29.9 Å². The number of aryl methyl sites for hydroxylation is 2. The van der Waals surface area contributed by atoms with Gasteiger partial charge < -0.3 is 18.9 Å². The maximum absolute atomic E-state index is 6.45. The molecule has 2 heterocycles. The molecule has 0 aliphatic carbocycles. The summed E-state index contributed by atoms with van der Waals surface area (Å²) in [5.74, 6) is 1.88. The molecule has 2 aliphatic heterocycles. The second kappa shape index (κ2) is 8.53. The Balaban J connectivity index is 1.34. The minimum absolute atomic E-state index is 0.145. The third kappa shape index (κ3) is 3.69. The summed E-state index contributed by atoms with van der Waals surface area (Å²) in [6.07, 6.45) is 0. The summed E-state index contributed by atoms with van der Waals surface area (Å²) in [4.78, 5) is 4.76. The standard InChI is InChI=1S/C28H26B2N2O2/c1-21-13-15-27-25(19-21)31(29(33-27)23-9-5-3-6-10-23)17-18-32-26-20-22(2)14-16-28(26)34-30(32)24-11-7-4-8-12-24/h3-16,19-20H,17-18H2,1-2H3. The zero-order chi connectivity index (χ0) is 23.1. The van der Waals surface area contributed by atoms with Crippen LogP contribution in [0.25, 0.3) is 0 Å². The highest BCUT2D eigenvalue weighted by molar-refractivity contribution is 6.74. The molecule has 0 atom stereocenters. The molecule has 0 spiro atoms. The Morgan fingerprint density at radius 3 is 1.38 bits per heavy atom. The smallest absolute Gasteiger partial charge is 0.519 e. The Kier molecular flexibility index (Phi) is 5.21. The molecule has 0 bridgehead atoms. The predicted molar refractivity (Wildman–Crippen MR) is 142 cm³/mol. The average Bonchev–Trinajstić information content (AvgIpc) is 3.41. The van der Waals surface area contributed by atoms with Crippen LogP contribution in [0.4, 0.5) is 11.4 Å². The van der Waals surface area contributed by atoms with Crippen LogP contribution in [-0.4, -0.2) is 27.2 Å². The number of benzene rings is 4. The van der Waals surface area contributed by atoms with Crippen LogP contribution >= 0.6 is 0 Å². The summed E-state index contributed by atoms with van der Waals surface area (Å²) in [6.45, 7) is 5.87. The van der Waals surface area contributed by atoms with Crippen LogP contribution in [0.15, 0.2) is 97.1 Å². The Morgan fingerprint density at radius 2 is 0.971 bits per heavy atom. The fraction of sp³-hybridized carbons (Fsp3) is 0.143. The first-order chi connectivity index (χ1) is 16.7. The molecular formula is C28H26B2N2O2. The Morgan fingerprint density at radius 1 is 0.559 bits per heavy atom. The first kappa shape index (κ1) is 20.8. The minimum Gasteiger partial charge on any atom is -0.536 e. The largest absolute Gasteiger partial charge is 0.536 e. The van der Waals surface area contributed by atoms with Gasteiger partial charge in [0.2, 0.25) is 0 Å². The molecule has 6 heteroatoms. The third-order valence-corrected chi connectivity index (χ3v) is 6.64. The highest BCUT2D eigenvalue weighted by atomic mass is 16.5. The Labute approximate surface area is 202 Å².